The largest absolute Gasteiger partial charge is 0.409 e. The maximum atomic E-state index is 8.63. The number of oxime groups is 1. The molecule has 0 atom stereocenters. The van der Waals surface area contributed by atoms with Gasteiger partial charge in [0.2, 0.25) is 0 Å². The van der Waals surface area contributed by atoms with Crippen LogP contribution in [0.1, 0.15) is 19.4 Å². The molecule has 0 aliphatic rings. The molecule has 0 fully saturated rings. The van der Waals surface area contributed by atoms with Crippen LogP contribution in [0, 0.1) is 0 Å². The predicted octanol–water partition coefficient (Wildman–Crippen LogP) is 3.06. The summed E-state index contributed by atoms with van der Waals surface area (Å²) in [4.78, 5) is 2.07. The molecule has 1 aromatic carbocycles. The molecule has 0 spiro atoms. The van der Waals surface area contributed by atoms with Crippen molar-refractivity contribution in [2.75, 3.05) is 6.54 Å². The third kappa shape index (κ3) is 4.48. The van der Waals surface area contributed by atoms with E-state index in [1.807, 2.05) is 18.2 Å². The fourth-order valence-electron chi connectivity index (χ4n) is 1.53. The van der Waals surface area contributed by atoms with Crippen molar-refractivity contribution in [3.05, 3.63) is 33.3 Å². The average molecular weight is 335 g/mol. The molecule has 0 aromatic heterocycles. The summed E-state index contributed by atoms with van der Waals surface area (Å²) >= 11 is 9.55. The summed E-state index contributed by atoms with van der Waals surface area (Å²) in [5.74, 6) is 0.192. The van der Waals surface area contributed by atoms with Crippen molar-refractivity contribution < 1.29 is 5.21 Å². The number of nitrogens with zero attached hydrogens (tertiary/aromatic N) is 2. The number of benzene rings is 1. The lowest BCUT2D eigenvalue weighted by Crippen LogP contribution is -2.38. The fraction of sp³-hybridized carbons (Fsp3) is 0.417. The van der Waals surface area contributed by atoms with E-state index in [9.17, 15) is 0 Å². The highest BCUT2D eigenvalue weighted by Crippen LogP contribution is 2.23. The molecule has 0 aliphatic carbocycles. The summed E-state index contributed by atoms with van der Waals surface area (Å²) in [6.07, 6.45) is 0. The maximum Gasteiger partial charge on any atom is 0.153 e. The monoisotopic (exact) mass is 333 g/mol. The number of hydrogen-bond donors (Lipinski definition) is 2. The summed E-state index contributed by atoms with van der Waals surface area (Å²) in [6, 6.07) is 6.04. The molecule has 1 aromatic rings. The van der Waals surface area contributed by atoms with E-state index >= 15 is 0 Å². The zero-order valence-corrected chi connectivity index (χ0v) is 12.7. The number of amidine groups is 1. The molecule has 0 aliphatic heterocycles. The van der Waals surface area contributed by atoms with Crippen molar-refractivity contribution in [3.8, 4) is 0 Å². The number of nitrogens with two attached hydrogens (primary N) is 1. The molecule has 4 nitrogen and oxygen atoms in total. The van der Waals surface area contributed by atoms with Gasteiger partial charge in [0, 0.05) is 22.1 Å². The standard InChI is InChI=1S/C12H17BrClN3O/c1-8(2)17(7-12(15)16-18)6-9-3-4-10(13)5-11(9)14/h3-5,8,18H,6-7H2,1-2H3,(H2,15,16). The molecule has 6 heteroatoms. The third-order valence-electron chi connectivity index (χ3n) is 2.61. The molecule has 0 unspecified atom stereocenters. The van der Waals surface area contributed by atoms with Gasteiger partial charge < -0.3 is 10.9 Å². The Hall–Kier alpha value is -0.780. The average Bonchev–Trinajstić information content (AvgIpc) is 2.30. The van der Waals surface area contributed by atoms with Crippen LogP contribution in [0.25, 0.3) is 0 Å². The molecular weight excluding hydrogens is 318 g/mol. The molecule has 0 amide bonds. The van der Waals surface area contributed by atoms with Crippen molar-refractivity contribution in [2.45, 2.75) is 26.4 Å². The van der Waals surface area contributed by atoms with Gasteiger partial charge in [0.1, 0.15) is 0 Å². The minimum atomic E-state index is 0.192. The second-order valence-corrected chi connectivity index (χ2v) is 5.65. The van der Waals surface area contributed by atoms with Crippen molar-refractivity contribution in [1.29, 1.82) is 0 Å². The van der Waals surface area contributed by atoms with Crippen LogP contribution < -0.4 is 5.73 Å². The van der Waals surface area contributed by atoms with Crippen molar-refractivity contribution in [1.82, 2.24) is 4.90 Å². The van der Waals surface area contributed by atoms with Gasteiger partial charge >= 0.3 is 0 Å². The SMILES string of the molecule is CC(C)N(C/C(N)=N/O)Cc1ccc(Br)cc1Cl. The van der Waals surface area contributed by atoms with Gasteiger partial charge in [-0.1, -0.05) is 38.8 Å². The lowest BCUT2D eigenvalue weighted by atomic mass is 10.2. The van der Waals surface area contributed by atoms with Gasteiger partial charge in [0.25, 0.3) is 0 Å². The van der Waals surface area contributed by atoms with Crippen LogP contribution in [-0.2, 0) is 6.54 Å². The van der Waals surface area contributed by atoms with E-state index in [1.165, 1.54) is 0 Å². The summed E-state index contributed by atoms with van der Waals surface area (Å²) < 4.78 is 0.948. The molecular formula is C12H17BrClN3O. The van der Waals surface area contributed by atoms with Gasteiger partial charge in [-0.2, -0.15) is 0 Å². The number of hydrogen-bond acceptors (Lipinski definition) is 3. The molecule has 0 saturated carbocycles. The van der Waals surface area contributed by atoms with E-state index < -0.39 is 0 Å². The zero-order chi connectivity index (χ0) is 13.7. The molecule has 0 heterocycles. The van der Waals surface area contributed by atoms with Crippen LogP contribution in [-0.4, -0.2) is 28.5 Å². The first-order valence-corrected chi connectivity index (χ1v) is 6.75. The highest BCUT2D eigenvalue weighted by molar-refractivity contribution is 9.10. The summed E-state index contributed by atoms with van der Waals surface area (Å²) in [6.45, 7) is 5.16. The Morgan fingerprint density at radius 1 is 1.56 bits per heavy atom. The van der Waals surface area contributed by atoms with Crippen LogP contribution in [0.3, 0.4) is 0 Å². The van der Waals surface area contributed by atoms with Crippen molar-refractivity contribution >= 4 is 33.4 Å². The van der Waals surface area contributed by atoms with E-state index in [4.69, 9.17) is 22.5 Å². The van der Waals surface area contributed by atoms with Gasteiger partial charge in [0.05, 0.1) is 6.54 Å². The van der Waals surface area contributed by atoms with Gasteiger partial charge in [-0.3, -0.25) is 4.90 Å². The highest BCUT2D eigenvalue weighted by atomic mass is 79.9. The van der Waals surface area contributed by atoms with Crippen molar-refractivity contribution in [3.63, 3.8) is 0 Å². The van der Waals surface area contributed by atoms with Crippen LogP contribution in [0.2, 0.25) is 5.02 Å². The molecule has 0 saturated heterocycles. The van der Waals surface area contributed by atoms with Gasteiger partial charge in [-0.05, 0) is 31.5 Å². The van der Waals surface area contributed by atoms with Crippen LogP contribution in [0.4, 0.5) is 0 Å². The first kappa shape index (κ1) is 15.3. The van der Waals surface area contributed by atoms with Gasteiger partial charge in [-0.15, -0.1) is 0 Å². The Morgan fingerprint density at radius 2 is 2.22 bits per heavy atom. The smallest absolute Gasteiger partial charge is 0.153 e. The fourth-order valence-corrected chi connectivity index (χ4v) is 2.26. The Bertz CT molecular complexity index is 437. The van der Waals surface area contributed by atoms with E-state index in [0.29, 0.717) is 18.1 Å². The van der Waals surface area contributed by atoms with Crippen LogP contribution >= 0.6 is 27.5 Å². The van der Waals surface area contributed by atoms with E-state index in [0.717, 1.165) is 10.0 Å². The summed E-state index contributed by atoms with van der Waals surface area (Å²) in [5, 5.41) is 12.3. The minimum absolute atomic E-state index is 0.192. The lowest BCUT2D eigenvalue weighted by Gasteiger charge is -2.26. The van der Waals surface area contributed by atoms with Gasteiger partial charge in [0.15, 0.2) is 5.84 Å². The first-order valence-electron chi connectivity index (χ1n) is 5.58. The summed E-state index contributed by atoms with van der Waals surface area (Å²) in [7, 11) is 0. The predicted molar refractivity (Wildman–Crippen MR) is 78.1 cm³/mol. The Labute approximate surface area is 121 Å². The van der Waals surface area contributed by atoms with E-state index in [1.54, 1.807) is 0 Å². The molecule has 100 valence electrons. The molecule has 3 N–H and O–H groups in total. The van der Waals surface area contributed by atoms with Crippen LogP contribution in [0.5, 0.6) is 0 Å². The number of rotatable bonds is 5. The molecule has 18 heavy (non-hydrogen) atoms. The zero-order valence-electron chi connectivity index (χ0n) is 10.4. The van der Waals surface area contributed by atoms with Crippen LogP contribution in [0.15, 0.2) is 27.8 Å². The molecule has 1 rings (SSSR count). The lowest BCUT2D eigenvalue weighted by molar-refractivity contribution is 0.238. The van der Waals surface area contributed by atoms with Gasteiger partial charge in [-0.25, -0.2) is 0 Å². The Morgan fingerprint density at radius 3 is 2.72 bits per heavy atom. The minimum Gasteiger partial charge on any atom is -0.409 e. The molecule has 0 bridgehead atoms. The quantitative estimate of drug-likeness (QED) is 0.376. The van der Waals surface area contributed by atoms with Crippen molar-refractivity contribution in [2.24, 2.45) is 10.9 Å². The summed E-state index contributed by atoms with van der Waals surface area (Å²) in [5.41, 5.74) is 6.56. The Kier molecular flexibility index (Phi) is 5.91. The second kappa shape index (κ2) is 6.97. The first-order chi connectivity index (χ1) is 8.43. The number of halogens is 2. The molecule has 0 radical (unpaired) electrons. The van der Waals surface area contributed by atoms with E-state index in [-0.39, 0.29) is 11.9 Å². The van der Waals surface area contributed by atoms with E-state index in [2.05, 4.69) is 39.8 Å². The maximum absolute atomic E-state index is 8.63. The third-order valence-corrected chi connectivity index (χ3v) is 3.46. The normalized spacial score (nSPS) is 12.4. The highest BCUT2D eigenvalue weighted by Gasteiger charge is 2.13. The Balaban J connectivity index is 2.83. The topological polar surface area (TPSA) is 61.8 Å². The second-order valence-electron chi connectivity index (χ2n) is 4.33.